The third-order valence-corrected chi connectivity index (χ3v) is 6.43. The second-order valence-electron chi connectivity index (χ2n) is 7.71. The summed E-state index contributed by atoms with van der Waals surface area (Å²) in [5.74, 6) is 0.163. The van der Waals surface area contributed by atoms with Crippen LogP contribution in [-0.2, 0) is 10.5 Å². The topological polar surface area (TPSA) is 59.8 Å². The summed E-state index contributed by atoms with van der Waals surface area (Å²) in [5.41, 5.74) is 5.12. The molecule has 1 amide bonds. The van der Waals surface area contributed by atoms with Crippen molar-refractivity contribution in [2.75, 3.05) is 5.32 Å². The molecule has 2 aromatic carbocycles. The Labute approximate surface area is 191 Å². The summed E-state index contributed by atoms with van der Waals surface area (Å²) in [7, 11) is 0. The van der Waals surface area contributed by atoms with Crippen LogP contribution in [0, 0.1) is 19.7 Å². The molecule has 0 saturated heterocycles. The zero-order valence-electron chi connectivity index (χ0n) is 18.3. The first kappa shape index (κ1) is 22.0. The van der Waals surface area contributed by atoms with Crippen molar-refractivity contribution in [1.82, 2.24) is 14.5 Å². The molecule has 0 aliphatic carbocycles. The molecule has 164 valence electrons. The van der Waals surface area contributed by atoms with E-state index in [0.717, 1.165) is 27.9 Å². The summed E-state index contributed by atoms with van der Waals surface area (Å²) in [6.07, 6.45) is 2.28. The standard InChI is InChI=1S/C25H25FN4OS/c1-4-21(24(31)29-22-16(2)8-5-9-17(22)3)30-23-20(12-7-13-27-23)28-25(30)32-15-18-10-6-11-19(26)14-18/h5-14,21H,4,15H2,1-3H3,(H,29,31)/t21-/m0/s1. The van der Waals surface area contributed by atoms with Crippen molar-refractivity contribution in [3.8, 4) is 0 Å². The Morgan fingerprint density at radius 3 is 2.59 bits per heavy atom. The molecule has 0 bridgehead atoms. The van der Waals surface area contributed by atoms with Gasteiger partial charge in [-0.05, 0) is 61.2 Å². The highest BCUT2D eigenvalue weighted by Gasteiger charge is 2.26. The summed E-state index contributed by atoms with van der Waals surface area (Å²) >= 11 is 1.47. The molecular formula is C25H25FN4OS. The lowest BCUT2D eigenvalue weighted by molar-refractivity contribution is -0.119. The van der Waals surface area contributed by atoms with Crippen molar-refractivity contribution in [2.45, 2.75) is 44.1 Å². The van der Waals surface area contributed by atoms with Crippen LogP contribution in [0.4, 0.5) is 10.1 Å². The van der Waals surface area contributed by atoms with Crippen LogP contribution in [0.1, 0.15) is 36.1 Å². The van der Waals surface area contributed by atoms with Gasteiger partial charge in [-0.1, -0.05) is 49.0 Å². The normalized spacial score (nSPS) is 12.1. The third-order valence-electron chi connectivity index (χ3n) is 5.40. The molecule has 0 radical (unpaired) electrons. The highest BCUT2D eigenvalue weighted by molar-refractivity contribution is 7.98. The number of nitrogens with zero attached hydrogens (tertiary/aromatic N) is 3. The highest BCUT2D eigenvalue weighted by atomic mass is 32.2. The van der Waals surface area contributed by atoms with Gasteiger partial charge in [-0.3, -0.25) is 9.36 Å². The van der Waals surface area contributed by atoms with Gasteiger partial charge < -0.3 is 5.32 Å². The molecule has 4 rings (SSSR count). The molecule has 1 N–H and O–H groups in total. The Balaban J connectivity index is 1.69. The Kier molecular flexibility index (Phi) is 6.55. The minimum atomic E-state index is -0.482. The Morgan fingerprint density at radius 2 is 1.88 bits per heavy atom. The first-order chi connectivity index (χ1) is 15.5. The largest absolute Gasteiger partial charge is 0.324 e. The number of anilines is 1. The molecule has 0 spiro atoms. The summed E-state index contributed by atoms with van der Waals surface area (Å²) in [6, 6.07) is 15.7. The Morgan fingerprint density at radius 1 is 1.12 bits per heavy atom. The number of carbonyl (C=O) groups is 1. The molecule has 2 heterocycles. The monoisotopic (exact) mass is 448 g/mol. The predicted octanol–water partition coefficient (Wildman–Crippen LogP) is 6.07. The Hall–Kier alpha value is -3.19. The minimum absolute atomic E-state index is 0.109. The quantitative estimate of drug-likeness (QED) is 0.349. The van der Waals surface area contributed by atoms with Crippen molar-refractivity contribution in [1.29, 1.82) is 0 Å². The molecule has 5 nitrogen and oxygen atoms in total. The van der Waals surface area contributed by atoms with Crippen LogP contribution in [0.3, 0.4) is 0 Å². The van der Waals surface area contributed by atoms with Crippen LogP contribution in [0.25, 0.3) is 11.2 Å². The predicted molar refractivity (Wildman–Crippen MR) is 127 cm³/mol. The number of thioether (sulfide) groups is 1. The van der Waals surface area contributed by atoms with Crippen molar-refractivity contribution < 1.29 is 9.18 Å². The van der Waals surface area contributed by atoms with Crippen LogP contribution in [0.15, 0.2) is 66.0 Å². The molecule has 0 fully saturated rings. The summed E-state index contributed by atoms with van der Waals surface area (Å²) in [4.78, 5) is 22.7. The number of pyridine rings is 1. The van der Waals surface area contributed by atoms with E-state index in [9.17, 15) is 9.18 Å². The number of hydrogen-bond donors (Lipinski definition) is 1. The van der Waals surface area contributed by atoms with E-state index in [2.05, 4.69) is 10.3 Å². The number of nitrogens with one attached hydrogen (secondary N) is 1. The van der Waals surface area contributed by atoms with Gasteiger partial charge in [-0.25, -0.2) is 14.4 Å². The third kappa shape index (κ3) is 4.53. The average Bonchev–Trinajstić information content (AvgIpc) is 3.14. The molecule has 0 aliphatic rings. The lowest BCUT2D eigenvalue weighted by Gasteiger charge is -2.21. The van der Waals surface area contributed by atoms with Crippen molar-refractivity contribution in [3.63, 3.8) is 0 Å². The van der Waals surface area contributed by atoms with Crippen molar-refractivity contribution in [3.05, 3.63) is 83.3 Å². The lowest BCUT2D eigenvalue weighted by Crippen LogP contribution is -2.27. The van der Waals surface area contributed by atoms with E-state index in [1.165, 1.54) is 23.9 Å². The number of halogens is 1. The van der Waals surface area contributed by atoms with Gasteiger partial charge in [0.25, 0.3) is 0 Å². The zero-order valence-corrected chi connectivity index (χ0v) is 19.1. The van der Waals surface area contributed by atoms with Gasteiger partial charge in [0.1, 0.15) is 17.4 Å². The highest BCUT2D eigenvalue weighted by Crippen LogP contribution is 2.31. The van der Waals surface area contributed by atoms with E-state index < -0.39 is 6.04 Å². The first-order valence-corrected chi connectivity index (χ1v) is 11.5. The SMILES string of the molecule is CC[C@@H](C(=O)Nc1c(C)cccc1C)n1c(SCc2cccc(F)c2)nc2cccnc21. The van der Waals surface area contributed by atoms with Gasteiger partial charge in [-0.2, -0.15) is 0 Å². The first-order valence-electron chi connectivity index (χ1n) is 10.5. The summed E-state index contributed by atoms with van der Waals surface area (Å²) in [5, 5.41) is 3.80. The maximum atomic E-state index is 13.6. The maximum absolute atomic E-state index is 13.6. The molecule has 0 saturated carbocycles. The van der Waals surface area contributed by atoms with Crippen LogP contribution < -0.4 is 5.32 Å². The average molecular weight is 449 g/mol. The second kappa shape index (κ2) is 9.53. The number of aromatic nitrogens is 3. The molecule has 4 aromatic rings. The van der Waals surface area contributed by atoms with Gasteiger partial charge in [0, 0.05) is 17.6 Å². The second-order valence-corrected chi connectivity index (χ2v) is 8.65. The number of imidazole rings is 1. The Bertz CT molecular complexity index is 1250. The van der Waals surface area contributed by atoms with Crippen LogP contribution >= 0.6 is 11.8 Å². The van der Waals surface area contributed by atoms with Crippen LogP contribution in [-0.4, -0.2) is 20.4 Å². The van der Waals surface area contributed by atoms with E-state index in [0.29, 0.717) is 23.0 Å². The van der Waals surface area contributed by atoms with Gasteiger partial charge in [-0.15, -0.1) is 0 Å². The van der Waals surface area contributed by atoms with Crippen molar-refractivity contribution in [2.24, 2.45) is 0 Å². The van der Waals surface area contributed by atoms with E-state index >= 15 is 0 Å². The maximum Gasteiger partial charge on any atom is 0.247 e. The zero-order chi connectivity index (χ0) is 22.7. The molecule has 1 atom stereocenters. The molecule has 0 aliphatic heterocycles. The number of hydrogen-bond acceptors (Lipinski definition) is 4. The van der Waals surface area contributed by atoms with Gasteiger partial charge in [0.15, 0.2) is 10.8 Å². The van der Waals surface area contributed by atoms with Crippen LogP contribution in [0.2, 0.25) is 0 Å². The smallest absolute Gasteiger partial charge is 0.247 e. The van der Waals surface area contributed by atoms with Gasteiger partial charge >= 0.3 is 0 Å². The lowest BCUT2D eigenvalue weighted by atomic mass is 10.1. The molecule has 0 unspecified atom stereocenters. The fourth-order valence-corrected chi connectivity index (χ4v) is 4.76. The van der Waals surface area contributed by atoms with E-state index in [-0.39, 0.29) is 11.7 Å². The number of amides is 1. The molecule has 32 heavy (non-hydrogen) atoms. The van der Waals surface area contributed by atoms with Crippen LogP contribution in [0.5, 0.6) is 0 Å². The van der Waals surface area contributed by atoms with Gasteiger partial charge in [0.05, 0.1) is 0 Å². The summed E-state index contributed by atoms with van der Waals surface area (Å²) in [6.45, 7) is 5.95. The minimum Gasteiger partial charge on any atom is -0.324 e. The molecule has 2 aromatic heterocycles. The van der Waals surface area contributed by atoms with E-state index in [1.54, 1.807) is 12.3 Å². The van der Waals surface area contributed by atoms with E-state index in [1.807, 2.05) is 61.7 Å². The van der Waals surface area contributed by atoms with Gasteiger partial charge in [0.2, 0.25) is 5.91 Å². The number of aryl methyl sites for hydroxylation is 2. The molecule has 7 heteroatoms. The van der Waals surface area contributed by atoms with Crippen molar-refractivity contribution >= 4 is 34.5 Å². The number of carbonyl (C=O) groups excluding carboxylic acids is 1. The number of fused-ring (bicyclic) bond motifs is 1. The number of rotatable bonds is 7. The number of para-hydroxylation sites is 1. The van der Waals surface area contributed by atoms with E-state index in [4.69, 9.17) is 4.98 Å². The fourth-order valence-electron chi connectivity index (χ4n) is 3.77. The fraction of sp³-hybridized carbons (Fsp3) is 0.240. The number of benzene rings is 2. The molecular weight excluding hydrogens is 423 g/mol. The summed E-state index contributed by atoms with van der Waals surface area (Å²) < 4.78 is 15.5.